The van der Waals surface area contributed by atoms with E-state index in [9.17, 15) is 13.2 Å². The van der Waals surface area contributed by atoms with E-state index in [0.717, 1.165) is 5.56 Å². The standard InChI is InChI=1S/C12H14N4O3S/c1-8-5-10-6-9(12(17)7-14-15-13)3-4-11(10)16(8)20(2,18)19/h3-4,6,8H,5,7H2,1-2H3. The summed E-state index contributed by atoms with van der Waals surface area (Å²) in [4.78, 5) is 14.3. The van der Waals surface area contributed by atoms with E-state index in [2.05, 4.69) is 10.0 Å². The van der Waals surface area contributed by atoms with E-state index in [1.54, 1.807) is 18.2 Å². The van der Waals surface area contributed by atoms with Gasteiger partial charge in [-0.2, -0.15) is 0 Å². The summed E-state index contributed by atoms with van der Waals surface area (Å²) in [6.07, 6.45) is 1.73. The van der Waals surface area contributed by atoms with Crippen LogP contribution in [0.3, 0.4) is 0 Å². The molecule has 0 saturated heterocycles. The number of azide groups is 1. The molecule has 2 rings (SSSR count). The summed E-state index contributed by atoms with van der Waals surface area (Å²) in [6.45, 7) is 1.59. The molecular weight excluding hydrogens is 280 g/mol. The highest BCUT2D eigenvalue weighted by atomic mass is 32.2. The topological polar surface area (TPSA) is 103 Å². The summed E-state index contributed by atoms with van der Waals surface area (Å²) < 4.78 is 24.9. The number of rotatable bonds is 4. The lowest BCUT2D eigenvalue weighted by molar-refractivity contribution is 0.100. The molecule has 0 N–H and O–H groups in total. The van der Waals surface area contributed by atoms with E-state index in [-0.39, 0.29) is 18.4 Å². The van der Waals surface area contributed by atoms with Crippen molar-refractivity contribution in [3.05, 3.63) is 39.8 Å². The third-order valence-corrected chi connectivity index (χ3v) is 4.46. The van der Waals surface area contributed by atoms with Crippen molar-refractivity contribution in [2.45, 2.75) is 19.4 Å². The SMILES string of the molecule is CC1Cc2cc(C(=O)CN=[N+]=[N-])ccc2N1S(C)(=O)=O. The van der Waals surface area contributed by atoms with E-state index in [0.29, 0.717) is 17.7 Å². The highest BCUT2D eigenvalue weighted by Crippen LogP contribution is 2.34. The van der Waals surface area contributed by atoms with Crippen LogP contribution in [0.4, 0.5) is 5.69 Å². The highest BCUT2D eigenvalue weighted by Gasteiger charge is 2.32. The highest BCUT2D eigenvalue weighted by molar-refractivity contribution is 7.92. The molecule has 20 heavy (non-hydrogen) atoms. The first kappa shape index (κ1) is 14.4. The molecule has 0 fully saturated rings. The zero-order valence-corrected chi connectivity index (χ0v) is 12.0. The lowest BCUT2D eigenvalue weighted by Gasteiger charge is -2.21. The summed E-state index contributed by atoms with van der Waals surface area (Å²) in [5.41, 5.74) is 10.1. The van der Waals surface area contributed by atoms with Crippen LogP contribution in [0, 0.1) is 0 Å². The number of nitrogens with zero attached hydrogens (tertiary/aromatic N) is 4. The van der Waals surface area contributed by atoms with Crippen molar-refractivity contribution in [2.24, 2.45) is 5.11 Å². The fourth-order valence-electron chi connectivity index (χ4n) is 2.47. The molecule has 0 bridgehead atoms. The van der Waals surface area contributed by atoms with E-state index < -0.39 is 10.0 Å². The summed E-state index contributed by atoms with van der Waals surface area (Å²) in [5.74, 6) is -0.281. The predicted octanol–water partition coefficient (Wildman–Crippen LogP) is 1.89. The molecule has 1 aromatic rings. The van der Waals surface area contributed by atoms with Crippen LogP contribution >= 0.6 is 0 Å². The fraction of sp³-hybridized carbons (Fsp3) is 0.417. The fourth-order valence-corrected chi connectivity index (χ4v) is 3.73. The van der Waals surface area contributed by atoms with E-state index >= 15 is 0 Å². The predicted molar refractivity (Wildman–Crippen MR) is 75.3 cm³/mol. The van der Waals surface area contributed by atoms with Gasteiger partial charge in [0.15, 0.2) is 5.78 Å². The van der Waals surface area contributed by atoms with Crippen molar-refractivity contribution in [3.63, 3.8) is 0 Å². The van der Waals surface area contributed by atoms with Crippen molar-refractivity contribution in [1.29, 1.82) is 0 Å². The van der Waals surface area contributed by atoms with Crippen LogP contribution in [0.1, 0.15) is 22.8 Å². The molecule has 0 spiro atoms. The number of hydrogen-bond donors (Lipinski definition) is 0. The number of Topliss-reactive ketones (excluding diaryl/α,β-unsaturated/α-hetero) is 1. The largest absolute Gasteiger partial charge is 0.294 e. The Hall–Kier alpha value is -2.05. The minimum atomic E-state index is -3.33. The molecule has 0 saturated carbocycles. The van der Waals surface area contributed by atoms with Gasteiger partial charge in [-0.1, -0.05) is 5.11 Å². The number of hydrogen-bond acceptors (Lipinski definition) is 4. The monoisotopic (exact) mass is 294 g/mol. The van der Waals surface area contributed by atoms with Crippen molar-refractivity contribution in [2.75, 3.05) is 17.1 Å². The minimum absolute atomic E-state index is 0.164. The number of ketones is 1. The summed E-state index contributed by atoms with van der Waals surface area (Å²) in [7, 11) is -3.33. The number of fused-ring (bicyclic) bond motifs is 1. The number of sulfonamides is 1. The van der Waals surface area contributed by atoms with Crippen LogP contribution in [0.25, 0.3) is 10.4 Å². The smallest absolute Gasteiger partial charge is 0.232 e. The molecule has 0 aliphatic carbocycles. The van der Waals surface area contributed by atoms with Gasteiger partial charge in [0.1, 0.15) is 0 Å². The van der Waals surface area contributed by atoms with Crippen molar-refractivity contribution >= 4 is 21.5 Å². The molecule has 8 heteroatoms. The normalized spacial score (nSPS) is 17.5. The van der Waals surface area contributed by atoms with Gasteiger partial charge in [-0.15, -0.1) is 0 Å². The van der Waals surface area contributed by atoms with Crippen molar-refractivity contribution in [3.8, 4) is 0 Å². The molecule has 7 nitrogen and oxygen atoms in total. The van der Waals surface area contributed by atoms with Crippen LogP contribution in [0.15, 0.2) is 23.3 Å². The van der Waals surface area contributed by atoms with Gasteiger partial charge in [0.2, 0.25) is 10.0 Å². The molecule has 0 radical (unpaired) electrons. The maximum Gasteiger partial charge on any atom is 0.232 e. The zero-order chi connectivity index (χ0) is 14.9. The van der Waals surface area contributed by atoms with Gasteiger partial charge in [-0.3, -0.25) is 9.10 Å². The van der Waals surface area contributed by atoms with Crippen LogP contribution < -0.4 is 4.31 Å². The zero-order valence-electron chi connectivity index (χ0n) is 11.1. The van der Waals surface area contributed by atoms with Gasteiger partial charge in [0.25, 0.3) is 0 Å². The average Bonchev–Trinajstić information content (AvgIpc) is 2.70. The minimum Gasteiger partial charge on any atom is -0.294 e. The Morgan fingerprint density at radius 3 is 2.85 bits per heavy atom. The second-order valence-electron chi connectivity index (χ2n) is 4.77. The Morgan fingerprint density at radius 2 is 2.25 bits per heavy atom. The molecule has 0 amide bonds. The summed E-state index contributed by atoms with van der Waals surface area (Å²) >= 11 is 0. The lowest BCUT2D eigenvalue weighted by atomic mass is 10.0. The quantitative estimate of drug-likeness (QED) is 0.366. The Balaban J connectivity index is 2.38. The molecule has 106 valence electrons. The maximum atomic E-state index is 11.8. The van der Waals surface area contributed by atoms with E-state index in [1.165, 1.54) is 10.6 Å². The van der Waals surface area contributed by atoms with Gasteiger partial charge >= 0.3 is 0 Å². The molecule has 0 aromatic heterocycles. The molecule has 1 unspecified atom stereocenters. The van der Waals surface area contributed by atoms with Crippen LogP contribution in [0.5, 0.6) is 0 Å². The number of benzene rings is 1. The Kier molecular flexibility index (Phi) is 3.69. The molecule has 1 aliphatic heterocycles. The number of carbonyl (C=O) groups is 1. The lowest BCUT2D eigenvalue weighted by Crippen LogP contribution is -2.34. The van der Waals surface area contributed by atoms with Gasteiger partial charge in [0, 0.05) is 16.5 Å². The van der Waals surface area contributed by atoms with Gasteiger partial charge < -0.3 is 0 Å². The van der Waals surface area contributed by atoms with Crippen LogP contribution in [0.2, 0.25) is 0 Å². The molecule has 1 aromatic carbocycles. The second kappa shape index (κ2) is 5.15. The third-order valence-electron chi connectivity index (χ3n) is 3.19. The van der Waals surface area contributed by atoms with Gasteiger partial charge in [-0.05, 0) is 42.6 Å². The van der Waals surface area contributed by atoms with Crippen molar-refractivity contribution < 1.29 is 13.2 Å². The molecule has 1 atom stereocenters. The Morgan fingerprint density at radius 1 is 1.55 bits per heavy atom. The number of carbonyl (C=O) groups excluding carboxylic acids is 1. The summed E-state index contributed by atoms with van der Waals surface area (Å²) in [5, 5.41) is 3.24. The Labute approximate surface area is 116 Å². The second-order valence-corrected chi connectivity index (χ2v) is 6.63. The third kappa shape index (κ3) is 2.61. The molecule has 1 heterocycles. The maximum absolute atomic E-state index is 11.8. The van der Waals surface area contributed by atoms with Gasteiger partial charge in [-0.25, -0.2) is 8.42 Å². The van der Waals surface area contributed by atoms with E-state index in [4.69, 9.17) is 5.53 Å². The first-order chi connectivity index (χ1) is 9.34. The first-order valence-electron chi connectivity index (χ1n) is 6.01. The molecule has 1 aliphatic rings. The number of anilines is 1. The van der Waals surface area contributed by atoms with Crippen LogP contribution in [-0.2, 0) is 16.4 Å². The summed E-state index contributed by atoms with van der Waals surface area (Å²) in [6, 6.07) is 4.70. The average molecular weight is 294 g/mol. The van der Waals surface area contributed by atoms with Gasteiger partial charge in [0.05, 0.1) is 18.5 Å². The Bertz CT molecular complexity index is 707. The van der Waals surface area contributed by atoms with E-state index in [1.807, 2.05) is 6.92 Å². The first-order valence-corrected chi connectivity index (χ1v) is 7.86. The van der Waals surface area contributed by atoms with Crippen LogP contribution in [-0.4, -0.2) is 33.0 Å². The molecular formula is C12H14N4O3S. The van der Waals surface area contributed by atoms with Crippen molar-refractivity contribution in [1.82, 2.24) is 0 Å².